The van der Waals surface area contributed by atoms with Gasteiger partial charge in [0.2, 0.25) is 0 Å². The average Bonchev–Trinajstić information content (AvgIpc) is 3.16. The van der Waals surface area contributed by atoms with Crippen molar-refractivity contribution >= 4 is 17.7 Å². The summed E-state index contributed by atoms with van der Waals surface area (Å²) in [6.45, 7) is 9.51. The van der Waals surface area contributed by atoms with Gasteiger partial charge in [0.15, 0.2) is 0 Å². The van der Waals surface area contributed by atoms with Crippen LogP contribution < -0.4 is 9.64 Å². The van der Waals surface area contributed by atoms with Crippen LogP contribution in [0.25, 0.3) is 0 Å². The van der Waals surface area contributed by atoms with Crippen LogP contribution in [0.3, 0.4) is 0 Å². The van der Waals surface area contributed by atoms with Gasteiger partial charge in [-0.05, 0) is 40.8 Å². The van der Waals surface area contributed by atoms with Crippen LogP contribution in [0.4, 0.5) is 10.5 Å². The number of benzene rings is 3. The minimum absolute atomic E-state index is 0.136. The molecule has 11 heteroatoms. The predicted molar refractivity (Wildman–Crippen MR) is 197 cm³/mol. The molecule has 3 aromatic rings. The van der Waals surface area contributed by atoms with Gasteiger partial charge in [0.25, 0.3) is 0 Å². The molecule has 0 radical (unpaired) electrons. The first-order valence-electron chi connectivity index (χ1n) is 18.2. The lowest BCUT2D eigenvalue weighted by atomic mass is 9.78. The number of carbonyl (C=O) groups is 2. The Morgan fingerprint density at radius 2 is 1.63 bits per heavy atom. The van der Waals surface area contributed by atoms with E-state index in [2.05, 4.69) is 42.2 Å². The Labute approximate surface area is 308 Å². The number of hydrogen-bond acceptors (Lipinski definition) is 10. The minimum atomic E-state index is -0.434. The molecule has 4 atom stereocenters. The van der Waals surface area contributed by atoms with Gasteiger partial charge in [0.05, 0.1) is 57.9 Å². The normalized spacial score (nSPS) is 19.0. The Kier molecular flexibility index (Phi) is 15.2. The molecular formula is C41H54N2O9. The summed E-state index contributed by atoms with van der Waals surface area (Å²) in [7, 11) is 3.41. The van der Waals surface area contributed by atoms with Crippen LogP contribution in [0.5, 0.6) is 5.75 Å². The van der Waals surface area contributed by atoms with E-state index in [1.165, 1.54) is 6.92 Å². The second-order valence-corrected chi connectivity index (χ2v) is 13.7. The Hall–Kier alpha value is -4.16. The van der Waals surface area contributed by atoms with Crippen molar-refractivity contribution in [1.82, 2.24) is 4.90 Å². The number of anilines is 1. The Bertz CT molecular complexity index is 1540. The number of amides is 1. The summed E-state index contributed by atoms with van der Waals surface area (Å²) >= 11 is 0. The fourth-order valence-corrected chi connectivity index (χ4v) is 6.88. The van der Waals surface area contributed by atoms with E-state index < -0.39 is 12.2 Å². The van der Waals surface area contributed by atoms with E-state index in [4.69, 9.17) is 33.2 Å². The monoisotopic (exact) mass is 718 g/mol. The summed E-state index contributed by atoms with van der Waals surface area (Å²) in [5.41, 5.74) is 5.03. The van der Waals surface area contributed by atoms with Gasteiger partial charge in [-0.2, -0.15) is 0 Å². The summed E-state index contributed by atoms with van der Waals surface area (Å²) in [4.78, 5) is 29.6. The second-order valence-electron chi connectivity index (χ2n) is 13.7. The molecule has 2 heterocycles. The summed E-state index contributed by atoms with van der Waals surface area (Å²) in [5.74, 6) is 0.378. The molecule has 1 saturated heterocycles. The summed E-state index contributed by atoms with van der Waals surface area (Å²) in [6.07, 6.45) is 0.0651. The number of hydrogen-bond donors (Lipinski definition) is 0. The van der Waals surface area contributed by atoms with Crippen LogP contribution in [-0.4, -0.2) is 96.5 Å². The van der Waals surface area contributed by atoms with Gasteiger partial charge in [-0.15, -0.1) is 0 Å². The number of piperidine rings is 1. The molecule has 1 fully saturated rings. The smallest absolute Gasteiger partial charge is 0.410 e. The minimum Gasteiger partial charge on any atom is -0.490 e. The van der Waals surface area contributed by atoms with Gasteiger partial charge in [0, 0.05) is 58.6 Å². The van der Waals surface area contributed by atoms with Crippen molar-refractivity contribution in [2.45, 2.75) is 52.1 Å². The molecule has 0 unspecified atom stereocenters. The van der Waals surface area contributed by atoms with Crippen LogP contribution in [0.2, 0.25) is 0 Å². The third kappa shape index (κ3) is 11.4. The average molecular weight is 719 g/mol. The number of esters is 1. The third-order valence-corrected chi connectivity index (χ3v) is 9.44. The number of likely N-dealkylation sites (tertiary alicyclic amines) is 1. The van der Waals surface area contributed by atoms with Gasteiger partial charge in [-0.3, -0.25) is 4.79 Å². The van der Waals surface area contributed by atoms with Crippen LogP contribution in [0, 0.1) is 11.8 Å². The summed E-state index contributed by atoms with van der Waals surface area (Å²) < 4.78 is 40.6. The lowest BCUT2D eigenvalue weighted by Crippen LogP contribution is -2.52. The van der Waals surface area contributed by atoms with Crippen molar-refractivity contribution in [3.05, 3.63) is 95.1 Å². The number of methoxy groups -OCH3 is 2. The van der Waals surface area contributed by atoms with E-state index >= 15 is 0 Å². The van der Waals surface area contributed by atoms with Crippen molar-refractivity contribution in [3.8, 4) is 5.75 Å². The third-order valence-electron chi connectivity index (χ3n) is 9.44. The quantitative estimate of drug-likeness (QED) is 0.111. The van der Waals surface area contributed by atoms with Gasteiger partial charge in [-0.25, -0.2) is 4.79 Å². The predicted octanol–water partition coefficient (Wildman–Crippen LogP) is 6.22. The van der Waals surface area contributed by atoms with Crippen LogP contribution in [0.15, 0.2) is 72.8 Å². The highest BCUT2D eigenvalue weighted by Crippen LogP contribution is 2.38. The van der Waals surface area contributed by atoms with Crippen molar-refractivity contribution in [2.75, 3.05) is 78.3 Å². The number of ether oxygens (including phenoxy) is 7. The molecule has 11 nitrogen and oxygen atoms in total. The van der Waals surface area contributed by atoms with Crippen LogP contribution in [-0.2, 0) is 53.0 Å². The number of carbonyl (C=O) groups excluding carboxylic acids is 2. The molecule has 0 aromatic heterocycles. The molecule has 0 N–H and O–H groups in total. The van der Waals surface area contributed by atoms with E-state index in [-0.39, 0.29) is 31.0 Å². The molecule has 2 aliphatic heterocycles. The van der Waals surface area contributed by atoms with Crippen molar-refractivity contribution < 1.29 is 42.7 Å². The molecule has 0 bridgehead atoms. The second kappa shape index (κ2) is 20.2. The Morgan fingerprint density at radius 3 is 2.38 bits per heavy atom. The molecule has 2 aliphatic rings. The zero-order valence-corrected chi connectivity index (χ0v) is 31.0. The molecule has 0 spiro atoms. The van der Waals surface area contributed by atoms with Crippen LogP contribution >= 0.6 is 0 Å². The van der Waals surface area contributed by atoms with E-state index in [1.54, 1.807) is 19.1 Å². The largest absolute Gasteiger partial charge is 0.490 e. The van der Waals surface area contributed by atoms with Crippen molar-refractivity contribution in [2.24, 2.45) is 11.8 Å². The molecule has 5 rings (SSSR count). The topological polar surface area (TPSA) is 105 Å². The first-order chi connectivity index (χ1) is 25.3. The highest BCUT2D eigenvalue weighted by molar-refractivity contribution is 5.68. The number of rotatable bonds is 18. The van der Waals surface area contributed by atoms with Gasteiger partial charge in [0.1, 0.15) is 19.0 Å². The molecular weight excluding hydrogens is 664 g/mol. The molecule has 52 heavy (non-hydrogen) atoms. The zero-order chi connectivity index (χ0) is 36.7. The van der Waals surface area contributed by atoms with E-state index in [9.17, 15) is 9.59 Å². The summed E-state index contributed by atoms with van der Waals surface area (Å²) in [6, 6.07) is 24.1. The van der Waals surface area contributed by atoms with Gasteiger partial charge >= 0.3 is 12.1 Å². The number of nitrogens with zero attached hydrogens (tertiary/aromatic N) is 2. The number of fused-ring (bicyclic) bond motifs is 1. The maximum atomic E-state index is 13.5. The van der Waals surface area contributed by atoms with E-state index in [0.717, 1.165) is 53.2 Å². The molecule has 0 saturated carbocycles. The first kappa shape index (κ1) is 39.1. The van der Waals surface area contributed by atoms with E-state index in [1.807, 2.05) is 42.5 Å². The standard InChI is InChI=1S/C41H54N2O9/c1-30(24-47-4)25-48-26-33-11-14-35(15-12-33)40-36(29-50-31(2)44)22-43(41(45)52-27-32-9-6-5-7-10-32)23-39(40)51-28-34-13-16-38-37(21-34)42(18-20-49-38)17-8-19-46-3/h5-7,9-16,21,30,36,39-40H,8,17-20,22-29H2,1-4H3/t30-,36-,39-,40-/m0/s1. The highest BCUT2D eigenvalue weighted by Gasteiger charge is 2.41. The van der Waals surface area contributed by atoms with Crippen molar-refractivity contribution in [1.29, 1.82) is 0 Å². The SMILES string of the molecule is COCCCN1CCOc2ccc(CO[C@H]3CN(C(=O)OCc4ccccc4)C[C@@H](COC(C)=O)[C@@H]3c3ccc(COC[C@@H](C)COC)cc3)cc21. The van der Waals surface area contributed by atoms with Crippen LogP contribution in [0.1, 0.15) is 48.4 Å². The fourth-order valence-electron chi connectivity index (χ4n) is 6.88. The van der Waals surface area contributed by atoms with Gasteiger partial charge < -0.3 is 43.0 Å². The maximum absolute atomic E-state index is 13.5. The Balaban J connectivity index is 1.36. The lowest BCUT2D eigenvalue weighted by molar-refractivity contribution is -0.144. The molecule has 282 valence electrons. The zero-order valence-electron chi connectivity index (χ0n) is 31.0. The molecule has 0 aliphatic carbocycles. The highest BCUT2D eigenvalue weighted by atomic mass is 16.6. The van der Waals surface area contributed by atoms with E-state index in [0.29, 0.717) is 58.6 Å². The van der Waals surface area contributed by atoms with Gasteiger partial charge in [-0.1, -0.05) is 67.6 Å². The molecule has 1 amide bonds. The fraction of sp³-hybridized carbons (Fsp3) is 0.512. The maximum Gasteiger partial charge on any atom is 0.410 e. The Morgan fingerprint density at radius 1 is 0.865 bits per heavy atom. The summed E-state index contributed by atoms with van der Waals surface area (Å²) in [5, 5.41) is 0. The lowest BCUT2D eigenvalue weighted by Gasteiger charge is -2.43. The molecule has 3 aromatic carbocycles. The first-order valence-corrected chi connectivity index (χ1v) is 18.2. The van der Waals surface area contributed by atoms with Crippen molar-refractivity contribution in [3.63, 3.8) is 0 Å².